The van der Waals surface area contributed by atoms with Gasteiger partial charge in [-0.05, 0) is 41.8 Å². The normalized spacial score (nSPS) is 18.0. The van der Waals surface area contributed by atoms with E-state index in [9.17, 15) is 4.79 Å². The molecule has 6 heteroatoms. The van der Waals surface area contributed by atoms with Crippen LogP contribution in [0.3, 0.4) is 0 Å². The summed E-state index contributed by atoms with van der Waals surface area (Å²) in [5.74, 6) is 2.76. The summed E-state index contributed by atoms with van der Waals surface area (Å²) in [5.41, 5.74) is 2.15. The third-order valence-corrected chi connectivity index (χ3v) is 5.90. The number of fused-ring (bicyclic) bond motifs is 1. The minimum absolute atomic E-state index is 0.00479. The van der Waals surface area contributed by atoms with Crippen LogP contribution in [0.2, 0.25) is 0 Å². The van der Waals surface area contributed by atoms with E-state index in [1.165, 1.54) is 5.56 Å². The zero-order chi connectivity index (χ0) is 20.4. The quantitative estimate of drug-likeness (QED) is 0.833. The second kappa shape index (κ2) is 7.85. The van der Waals surface area contributed by atoms with Gasteiger partial charge in [0.15, 0.2) is 11.5 Å². The molecule has 1 unspecified atom stereocenters. The van der Waals surface area contributed by atoms with Crippen molar-refractivity contribution in [2.45, 2.75) is 31.6 Å². The predicted molar refractivity (Wildman–Crippen MR) is 111 cm³/mol. The minimum Gasteiger partial charge on any atom is -0.497 e. The Morgan fingerprint density at radius 3 is 2.69 bits per heavy atom. The van der Waals surface area contributed by atoms with Crippen LogP contribution in [-0.2, 0) is 5.41 Å². The number of carbonyl (C=O) groups excluding carboxylic acids is 1. The average Bonchev–Trinajstić information content (AvgIpc) is 3.41. The summed E-state index contributed by atoms with van der Waals surface area (Å²) in [6.45, 7) is 6.56. The maximum absolute atomic E-state index is 12.7. The van der Waals surface area contributed by atoms with E-state index in [2.05, 4.69) is 31.3 Å². The first-order valence-electron chi connectivity index (χ1n) is 10.0. The number of hydrogen-bond acceptors (Lipinski definition) is 4. The van der Waals surface area contributed by atoms with Gasteiger partial charge in [0.2, 0.25) is 6.79 Å². The van der Waals surface area contributed by atoms with Crippen molar-refractivity contribution in [3.05, 3.63) is 53.6 Å². The first-order chi connectivity index (χ1) is 14.0. The van der Waals surface area contributed by atoms with Gasteiger partial charge in [0.05, 0.1) is 7.11 Å². The van der Waals surface area contributed by atoms with Gasteiger partial charge < -0.3 is 24.4 Å². The van der Waals surface area contributed by atoms with Crippen molar-refractivity contribution in [2.75, 3.05) is 33.5 Å². The first-order valence-corrected chi connectivity index (χ1v) is 10.0. The lowest BCUT2D eigenvalue weighted by Gasteiger charge is -2.27. The molecule has 0 aromatic heterocycles. The Kier molecular flexibility index (Phi) is 5.26. The fraction of sp³-hybridized carbons (Fsp3) is 0.435. The van der Waals surface area contributed by atoms with E-state index in [4.69, 9.17) is 14.2 Å². The van der Waals surface area contributed by atoms with Crippen LogP contribution in [0.25, 0.3) is 0 Å². The number of amides is 2. The Morgan fingerprint density at radius 1 is 1.17 bits per heavy atom. The molecule has 2 heterocycles. The van der Waals surface area contributed by atoms with Crippen molar-refractivity contribution in [3.63, 3.8) is 0 Å². The smallest absolute Gasteiger partial charge is 0.317 e. The Hall–Kier alpha value is -2.89. The maximum atomic E-state index is 12.7. The van der Waals surface area contributed by atoms with Gasteiger partial charge in [-0.25, -0.2) is 4.79 Å². The molecule has 0 aliphatic carbocycles. The maximum Gasteiger partial charge on any atom is 0.317 e. The fourth-order valence-electron chi connectivity index (χ4n) is 3.92. The van der Waals surface area contributed by atoms with Gasteiger partial charge in [0, 0.05) is 31.0 Å². The van der Waals surface area contributed by atoms with Crippen molar-refractivity contribution in [2.24, 2.45) is 0 Å². The summed E-state index contributed by atoms with van der Waals surface area (Å²) in [4.78, 5) is 14.6. The van der Waals surface area contributed by atoms with E-state index >= 15 is 0 Å². The van der Waals surface area contributed by atoms with Crippen molar-refractivity contribution in [1.82, 2.24) is 10.2 Å². The summed E-state index contributed by atoms with van der Waals surface area (Å²) < 4.78 is 16.1. The topological polar surface area (TPSA) is 60.0 Å². The fourth-order valence-corrected chi connectivity index (χ4v) is 3.92. The molecular weight excluding hydrogens is 368 g/mol. The second-order valence-electron chi connectivity index (χ2n) is 8.32. The Bertz CT molecular complexity index is 879. The number of benzene rings is 2. The standard InChI is InChI=1S/C23H28N2O4/c1-23(2,18-6-9-20-21(12-18)29-15-28-20)14-24-22(26)25-11-10-17(13-25)16-4-7-19(27-3)8-5-16/h4-9,12,17H,10-11,13-15H2,1-3H3,(H,24,26). The molecule has 154 valence electrons. The third-order valence-electron chi connectivity index (χ3n) is 5.90. The number of nitrogens with zero attached hydrogens (tertiary/aromatic N) is 1. The summed E-state index contributed by atoms with van der Waals surface area (Å²) in [5, 5.41) is 3.12. The molecule has 0 bridgehead atoms. The molecule has 1 atom stereocenters. The second-order valence-corrected chi connectivity index (χ2v) is 8.32. The summed E-state index contributed by atoms with van der Waals surface area (Å²) in [7, 11) is 1.67. The summed E-state index contributed by atoms with van der Waals surface area (Å²) in [6, 6.07) is 14.1. The lowest BCUT2D eigenvalue weighted by Crippen LogP contribution is -2.43. The van der Waals surface area contributed by atoms with E-state index in [1.807, 2.05) is 35.2 Å². The number of likely N-dealkylation sites (tertiary alicyclic amines) is 1. The zero-order valence-corrected chi connectivity index (χ0v) is 17.2. The molecular formula is C23H28N2O4. The van der Waals surface area contributed by atoms with Crippen LogP contribution in [0.4, 0.5) is 4.79 Å². The number of hydrogen-bond donors (Lipinski definition) is 1. The van der Waals surface area contributed by atoms with Gasteiger partial charge in [0.25, 0.3) is 0 Å². The molecule has 0 spiro atoms. The van der Waals surface area contributed by atoms with Crippen LogP contribution in [0, 0.1) is 0 Å². The molecule has 1 saturated heterocycles. The first kappa shape index (κ1) is 19.4. The van der Waals surface area contributed by atoms with Gasteiger partial charge in [-0.2, -0.15) is 0 Å². The molecule has 2 aromatic rings. The predicted octanol–water partition coefficient (Wildman–Crippen LogP) is 3.90. The van der Waals surface area contributed by atoms with Gasteiger partial charge in [0.1, 0.15) is 5.75 Å². The van der Waals surface area contributed by atoms with Crippen molar-refractivity contribution < 1.29 is 19.0 Å². The Morgan fingerprint density at radius 2 is 1.93 bits per heavy atom. The minimum atomic E-state index is -0.217. The van der Waals surface area contributed by atoms with Crippen LogP contribution >= 0.6 is 0 Å². The third kappa shape index (κ3) is 4.11. The van der Waals surface area contributed by atoms with Crippen LogP contribution in [0.1, 0.15) is 37.3 Å². The molecule has 1 fully saturated rings. The molecule has 4 rings (SSSR count). The SMILES string of the molecule is COc1ccc(C2CCN(C(=O)NCC(C)(C)c3ccc4c(c3)OCO4)C2)cc1. The van der Waals surface area contributed by atoms with E-state index in [1.54, 1.807) is 7.11 Å². The van der Waals surface area contributed by atoms with Gasteiger partial charge >= 0.3 is 6.03 Å². The molecule has 29 heavy (non-hydrogen) atoms. The highest BCUT2D eigenvalue weighted by atomic mass is 16.7. The number of ether oxygens (including phenoxy) is 3. The molecule has 2 aliphatic rings. The number of carbonyl (C=O) groups is 1. The number of urea groups is 1. The van der Waals surface area contributed by atoms with Crippen LogP contribution < -0.4 is 19.5 Å². The highest BCUT2D eigenvalue weighted by molar-refractivity contribution is 5.74. The van der Waals surface area contributed by atoms with E-state index in [-0.39, 0.29) is 18.2 Å². The van der Waals surface area contributed by atoms with Crippen LogP contribution in [-0.4, -0.2) is 44.5 Å². The Balaban J connectivity index is 1.33. The zero-order valence-electron chi connectivity index (χ0n) is 17.2. The van der Waals surface area contributed by atoms with Gasteiger partial charge in [-0.1, -0.05) is 32.0 Å². The number of rotatable bonds is 5. The molecule has 6 nitrogen and oxygen atoms in total. The average molecular weight is 396 g/mol. The molecule has 2 aliphatic heterocycles. The molecule has 1 N–H and O–H groups in total. The molecule has 2 amide bonds. The lowest BCUT2D eigenvalue weighted by atomic mass is 9.84. The van der Waals surface area contributed by atoms with Crippen LogP contribution in [0.5, 0.6) is 17.2 Å². The molecule has 0 saturated carbocycles. The van der Waals surface area contributed by atoms with E-state index in [0.29, 0.717) is 12.5 Å². The monoisotopic (exact) mass is 396 g/mol. The van der Waals surface area contributed by atoms with E-state index in [0.717, 1.165) is 42.3 Å². The van der Waals surface area contributed by atoms with Crippen LogP contribution in [0.15, 0.2) is 42.5 Å². The highest BCUT2D eigenvalue weighted by Gasteiger charge is 2.29. The van der Waals surface area contributed by atoms with Crippen molar-refractivity contribution in [1.29, 1.82) is 0 Å². The van der Waals surface area contributed by atoms with Gasteiger partial charge in [-0.15, -0.1) is 0 Å². The number of methoxy groups -OCH3 is 1. The highest BCUT2D eigenvalue weighted by Crippen LogP contribution is 2.36. The summed E-state index contributed by atoms with van der Waals surface area (Å²) in [6.07, 6.45) is 0.977. The molecule has 2 aromatic carbocycles. The van der Waals surface area contributed by atoms with Gasteiger partial charge in [-0.3, -0.25) is 0 Å². The lowest BCUT2D eigenvalue weighted by molar-refractivity contribution is 0.174. The van der Waals surface area contributed by atoms with Crippen molar-refractivity contribution in [3.8, 4) is 17.2 Å². The summed E-state index contributed by atoms with van der Waals surface area (Å²) >= 11 is 0. The largest absolute Gasteiger partial charge is 0.497 e. The number of nitrogens with one attached hydrogen (secondary N) is 1. The molecule has 0 radical (unpaired) electrons. The Labute approximate surface area is 171 Å². The van der Waals surface area contributed by atoms with Crippen molar-refractivity contribution >= 4 is 6.03 Å². The van der Waals surface area contributed by atoms with E-state index < -0.39 is 0 Å².